The van der Waals surface area contributed by atoms with Gasteiger partial charge < -0.3 is 14.7 Å². The van der Waals surface area contributed by atoms with Crippen LogP contribution < -0.4 is 5.32 Å². The van der Waals surface area contributed by atoms with Crippen LogP contribution in [0.3, 0.4) is 0 Å². The van der Waals surface area contributed by atoms with Crippen molar-refractivity contribution >= 4 is 17.3 Å². The van der Waals surface area contributed by atoms with Gasteiger partial charge in [-0.1, -0.05) is 5.16 Å². The van der Waals surface area contributed by atoms with Crippen molar-refractivity contribution in [3.05, 3.63) is 59.9 Å². The molecule has 1 amide bonds. The summed E-state index contributed by atoms with van der Waals surface area (Å²) >= 11 is 0. The largest absolute Gasteiger partial charge is 0.382 e. The number of hydrogen-bond donors (Lipinski definition) is 1. The Balaban J connectivity index is 1.40. The first kappa shape index (κ1) is 17.0. The number of carbonyl (C=O) groups is 1. The normalized spacial score (nSPS) is 16.1. The van der Waals surface area contributed by atoms with E-state index in [0.717, 1.165) is 28.4 Å². The lowest BCUT2D eigenvalue weighted by Gasteiger charge is -2.11. The molecule has 4 rings (SSSR count). The summed E-state index contributed by atoms with van der Waals surface area (Å²) in [5.41, 5.74) is 5.37. The highest BCUT2D eigenvalue weighted by Gasteiger charge is 2.29. The van der Waals surface area contributed by atoms with E-state index < -0.39 is 6.10 Å². The van der Waals surface area contributed by atoms with E-state index in [4.69, 9.17) is 4.84 Å². The van der Waals surface area contributed by atoms with Crippen molar-refractivity contribution < 1.29 is 9.63 Å². The Kier molecular flexibility index (Phi) is 4.23. The second-order valence-corrected chi connectivity index (χ2v) is 6.56. The lowest BCUT2D eigenvalue weighted by atomic mass is 10.1. The molecule has 0 spiro atoms. The summed E-state index contributed by atoms with van der Waals surface area (Å²) in [5, 5.41) is 11.0. The standard InChI is InChI=1S/C19H20N6O2/c1-12-13(2)25(11-20-12)16-6-4-15(5-7-16)22-19(26)18-8-17(23-27-18)14-9-21-24(3)10-14/h4-7,9-11,18H,8H2,1-3H3,(H,22,26). The summed E-state index contributed by atoms with van der Waals surface area (Å²) in [6.45, 7) is 4.00. The van der Waals surface area contributed by atoms with Crippen molar-refractivity contribution in [1.82, 2.24) is 19.3 Å². The third-order valence-corrected chi connectivity index (χ3v) is 4.66. The quantitative estimate of drug-likeness (QED) is 0.770. The smallest absolute Gasteiger partial charge is 0.268 e. The molecular weight excluding hydrogens is 344 g/mol. The van der Waals surface area contributed by atoms with Crippen molar-refractivity contribution in [3.8, 4) is 5.69 Å². The Morgan fingerprint density at radius 2 is 2.04 bits per heavy atom. The number of hydrogen-bond acceptors (Lipinski definition) is 5. The van der Waals surface area contributed by atoms with E-state index in [9.17, 15) is 4.79 Å². The maximum atomic E-state index is 12.5. The fourth-order valence-corrected chi connectivity index (χ4v) is 2.95. The molecule has 1 atom stereocenters. The molecule has 1 N–H and O–H groups in total. The molecule has 3 heterocycles. The van der Waals surface area contributed by atoms with Gasteiger partial charge in [0.2, 0.25) is 6.10 Å². The number of aryl methyl sites for hydroxylation is 2. The highest BCUT2D eigenvalue weighted by molar-refractivity contribution is 6.05. The van der Waals surface area contributed by atoms with E-state index in [0.29, 0.717) is 12.1 Å². The Labute approximate surface area is 156 Å². The van der Waals surface area contributed by atoms with Gasteiger partial charge in [0.05, 0.1) is 23.9 Å². The number of aromatic nitrogens is 4. The van der Waals surface area contributed by atoms with Crippen LogP contribution in [0.4, 0.5) is 5.69 Å². The zero-order chi connectivity index (χ0) is 19.0. The van der Waals surface area contributed by atoms with Gasteiger partial charge in [-0.15, -0.1) is 0 Å². The second-order valence-electron chi connectivity index (χ2n) is 6.56. The van der Waals surface area contributed by atoms with Gasteiger partial charge in [0.25, 0.3) is 5.91 Å². The molecule has 0 aliphatic carbocycles. The first-order valence-electron chi connectivity index (χ1n) is 8.65. The Hall–Kier alpha value is -3.42. The van der Waals surface area contributed by atoms with Crippen LogP contribution in [0.25, 0.3) is 5.69 Å². The zero-order valence-electron chi connectivity index (χ0n) is 15.4. The molecule has 0 saturated heterocycles. The van der Waals surface area contributed by atoms with Crippen LogP contribution in [0.15, 0.2) is 48.1 Å². The maximum absolute atomic E-state index is 12.5. The molecule has 1 unspecified atom stereocenters. The van der Waals surface area contributed by atoms with E-state index in [1.54, 1.807) is 17.2 Å². The molecule has 8 heteroatoms. The average Bonchev–Trinajstić information content (AvgIpc) is 3.38. The van der Waals surface area contributed by atoms with Crippen molar-refractivity contribution in [3.63, 3.8) is 0 Å². The van der Waals surface area contributed by atoms with Gasteiger partial charge in [0.15, 0.2) is 0 Å². The molecule has 27 heavy (non-hydrogen) atoms. The number of imidazole rings is 1. The van der Waals surface area contributed by atoms with Crippen molar-refractivity contribution in [1.29, 1.82) is 0 Å². The minimum Gasteiger partial charge on any atom is -0.382 e. The van der Waals surface area contributed by atoms with E-state index >= 15 is 0 Å². The zero-order valence-corrected chi connectivity index (χ0v) is 15.4. The molecule has 1 aromatic carbocycles. The first-order chi connectivity index (χ1) is 13.0. The van der Waals surface area contributed by atoms with Crippen LogP contribution >= 0.6 is 0 Å². The predicted octanol–water partition coefficient (Wildman–Crippen LogP) is 2.35. The predicted molar refractivity (Wildman–Crippen MR) is 101 cm³/mol. The topological polar surface area (TPSA) is 86.3 Å². The maximum Gasteiger partial charge on any atom is 0.268 e. The van der Waals surface area contributed by atoms with Gasteiger partial charge >= 0.3 is 0 Å². The summed E-state index contributed by atoms with van der Waals surface area (Å²) < 4.78 is 3.70. The van der Waals surface area contributed by atoms with Gasteiger partial charge in [-0.2, -0.15) is 5.10 Å². The van der Waals surface area contributed by atoms with Crippen LogP contribution in [0, 0.1) is 13.8 Å². The van der Waals surface area contributed by atoms with Gasteiger partial charge in [0, 0.05) is 42.3 Å². The molecule has 138 valence electrons. The summed E-state index contributed by atoms with van der Waals surface area (Å²) in [4.78, 5) is 22.1. The monoisotopic (exact) mass is 364 g/mol. The SMILES string of the molecule is Cc1ncn(-c2ccc(NC(=O)C3CC(c4cnn(C)c4)=NO3)cc2)c1C. The number of anilines is 1. The van der Waals surface area contributed by atoms with Crippen molar-refractivity contribution in [2.75, 3.05) is 5.32 Å². The van der Waals surface area contributed by atoms with Gasteiger partial charge in [-0.3, -0.25) is 9.48 Å². The van der Waals surface area contributed by atoms with E-state index in [-0.39, 0.29) is 5.91 Å². The molecule has 0 bridgehead atoms. The fraction of sp³-hybridized carbons (Fsp3) is 0.263. The molecule has 1 aliphatic heterocycles. The second kappa shape index (κ2) is 6.71. The molecular formula is C19H20N6O2. The first-order valence-corrected chi connectivity index (χ1v) is 8.65. The lowest BCUT2D eigenvalue weighted by Crippen LogP contribution is -2.28. The highest BCUT2D eigenvalue weighted by atomic mass is 16.6. The molecule has 2 aromatic heterocycles. The van der Waals surface area contributed by atoms with E-state index in [1.165, 1.54) is 0 Å². The van der Waals surface area contributed by atoms with Gasteiger partial charge in [-0.25, -0.2) is 4.98 Å². The lowest BCUT2D eigenvalue weighted by molar-refractivity contribution is -0.125. The summed E-state index contributed by atoms with van der Waals surface area (Å²) in [7, 11) is 1.83. The van der Waals surface area contributed by atoms with Crippen LogP contribution in [0.5, 0.6) is 0 Å². The molecule has 0 fully saturated rings. The Morgan fingerprint density at radius 3 is 2.67 bits per heavy atom. The Morgan fingerprint density at radius 1 is 1.26 bits per heavy atom. The third-order valence-electron chi connectivity index (χ3n) is 4.66. The number of nitrogens with zero attached hydrogens (tertiary/aromatic N) is 5. The molecule has 1 aliphatic rings. The van der Waals surface area contributed by atoms with Crippen molar-refractivity contribution in [2.45, 2.75) is 26.4 Å². The van der Waals surface area contributed by atoms with Crippen molar-refractivity contribution in [2.24, 2.45) is 12.2 Å². The molecule has 0 radical (unpaired) electrons. The Bertz CT molecular complexity index is 1020. The highest BCUT2D eigenvalue weighted by Crippen LogP contribution is 2.20. The third kappa shape index (κ3) is 3.33. The summed E-state index contributed by atoms with van der Waals surface area (Å²) in [5.74, 6) is -0.222. The van der Waals surface area contributed by atoms with Gasteiger partial charge in [-0.05, 0) is 38.1 Å². The number of amides is 1. The van der Waals surface area contributed by atoms with Crippen LogP contribution in [0.2, 0.25) is 0 Å². The van der Waals surface area contributed by atoms with Crippen LogP contribution in [0.1, 0.15) is 23.4 Å². The average molecular weight is 364 g/mol. The molecule has 0 saturated carbocycles. The van der Waals surface area contributed by atoms with Crippen LogP contribution in [-0.2, 0) is 16.7 Å². The minimum absolute atomic E-state index is 0.222. The number of benzene rings is 1. The molecule has 8 nitrogen and oxygen atoms in total. The summed E-state index contributed by atoms with van der Waals surface area (Å²) in [6.07, 6.45) is 5.13. The number of rotatable bonds is 4. The van der Waals surface area contributed by atoms with Crippen LogP contribution in [-0.4, -0.2) is 37.1 Å². The summed E-state index contributed by atoms with van der Waals surface area (Å²) in [6, 6.07) is 7.60. The minimum atomic E-state index is -0.640. The number of nitrogens with one attached hydrogen (secondary N) is 1. The van der Waals surface area contributed by atoms with Gasteiger partial charge in [0.1, 0.15) is 0 Å². The van der Waals surface area contributed by atoms with E-state index in [1.807, 2.05) is 55.9 Å². The molecule has 3 aromatic rings. The van der Waals surface area contributed by atoms with E-state index in [2.05, 4.69) is 20.6 Å². The fourth-order valence-electron chi connectivity index (χ4n) is 2.95. The number of carbonyl (C=O) groups excluding carboxylic acids is 1. The number of oxime groups is 1.